The molecule has 5 nitrogen and oxygen atoms in total. The van der Waals surface area contributed by atoms with E-state index in [1.54, 1.807) is 43.5 Å². The maximum Gasteiger partial charge on any atom is 0.255 e. The number of anilines is 2. The molecule has 0 aliphatic carbocycles. The molecule has 0 aliphatic rings. The summed E-state index contributed by atoms with van der Waals surface area (Å²) in [5.41, 5.74) is 2.24. The highest BCUT2D eigenvalue weighted by Crippen LogP contribution is 2.16. The zero-order valence-corrected chi connectivity index (χ0v) is 15.2. The van der Waals surface area contributed by atoms with Gasteiger partial charge in [-0.3, -0.25) is 9.59 Å². The maximum atomic E-state index is 13.0. The molecule has 3 aromatic carbocycles. The number of halogens is 1. The molecule has 0 unspecified atom stereocenters. The molecule has 0 spiro atoms. The van der Waals surface area contributed by atoms with Crippen LogP contribution in [0.3, 0.4) is 0 Å². The van der Waals surface area contributed by atoms with Gasteiger partial charge in [0.15, 0.2) is 0 Å². The van der Waals surface area contributed by atoms with E-state index < -0.39 is 0 Å². The summed E-state index contributed by atoms with van der Waals surface area (Å²) >= 11 is 0. The summed E-state index contributed by atoms with van der Waals surface area (Å²) in [6.07, 6.45) is 0.204. The molecule has 0 aromatic heterocycles. The third-order valence-electron chi connectivity index (χ3n) is 4.03. The molecule has 2 N–H and O–H groups in total. The Balaban J connectivity index is 1.62. The topological polar surface area (TPSA) is 67.4 Å². The lowest BCUT2D eigenvalue weighted by Crippen LogP contribution is -2.16. The van der Waals surface area contributed by atoms with Gasteiger partial charge in [0.1, 0.15) is 11.6 Å². The molecular formula is C22H19FN2O3. The van der Waals surface area contributed by atoms with Gasteiger partial charge in [-0.25, -0.2) is 4.39 Å². The molecular weight excluding hydrogens is 359 g/mol. The number of methoxy groups -OCH3 is 1. The summed E-state index contributed by atoms with van der Waals surface area (Å²) in [5.74, 6) is -0.192. The van der Waals surface area contributed by atoms with Crippen molar-refractivity contribution < 1.29 is 18.7 Å². The van der Waals surface area contributed by atoms with E-state index >= 15 is 0 Å². The highest BCUT2D eigenvalue weighted by molar-refractivity contribution is 6.05. The second-order valence-electron chi connectivity index (χ2n) is 6.11. The third kappa shape index (κ3) is 5.17. The van der Waals surface area contributed by atoms with E-state index in [1.807, 2.05) is 12.1 Å². The van der Waals surface area contributed by atoms with Crippen LogP contribution in [0.4, 0.5) is 15.8 Å². The summed E-state index contributed by atoms with van der Waals surface area (Å²) in [5, 5.41) is 5.47. The minimum Gasteiger partial charge on any atom is -0.497 e. The normalized spacial score (nSPS) is 10.2. The van der Waals surface area contributed by atoms with Crippen LogP contribution in [0.15, 0.2) is 72.8 Å². The molecule has 0 atom stereocenters. The second kappa shape index (κ2) is 8.81. The molecule has 0 saturated carbocycles. The Bertz CT molecular complexity index is 970. The predicted octanol–water partition coefficient (Wildman–Crippen LogP) is 4.27. The number of hydrogen-bond acceptors (Lipinski definition) is 3. The van der Waals surface area contributed by atoms with E-state index in [-0.39, 0.29) is 24.1 Å². The summed E-state index contributed by atoms with van der Waals surface area (Å²) in [4.78, 5) is 24.6. The van der Waals surface area contributed by atoms with Gasteiger partial charge in [0.25, 0.3) is 5.91 Å². The van der Waals surface area contributed by atoms with Crippen LogP contribution in [-0.2, 0) is 11.2 Å². The fourth-order valence-corrected chi connectivity index (χ4v) is 2.61. The third-order valence-corrected chi connectivity index (χ3v) is 4.03. The fraction of sp³-hybridized carbons (Fsp3) is 0.0909. The zero-order valence-electron chi connectivity index (χ0n) is 15.2. The standard InChI is InChI=1S/C22H19FN2O3/c1-28-20-11-5-15(6-12-20)13-21(26)24-19-4-2-3-16(14-19)22(27)25-18-9-7-17(23)8-10-18/h2-12,14H,13H2,1H3,(H,24,26)(H,25,27). The molecule has 3 aromatic rings. The number of rotatable bonds is 6. The van der Waals surface area contributed by atoms with Gasteiger partial charge in [0, 0.05) is 16.9 Å². The van der Waals surface area contributed by atoms with Crippen LogP contribution in [-0.4, -0.2) is 18.9 Å². The van der Waals surface area contributed by atoms with Crippen molar-refractivity contribution >= 4 is 23.2 Å². The Hall–Kier alpha value is -3.67. The van der Waals surface area contributed by atoms with Gasteiger partial charge < -0.3 is 15.4 Å². The van der Waals surface area contributed by atoms with E-state index in [2.05, 4.69) is 10.6 Å². The van der Waals surface area contributed by atoms with Crippen molar-refractivity contribution in [3.05, 3.63) is 89.7 Å². The van der Waals surface area contributed by atoms with Gasteiger partial charge in [-0.05, 0) is 60.2 Å². The summed E-state index contributed by atoms with van der Waals surface area (Å²) < 4.78 is 18.1. The van der Waals surface area contributed by atoms with Crippen LogP contribution in [0.2, 0.25) is 0 Å². The minimum atomic E-state index is -0.375. The number of hydrogen-bond donors (Lipinski definition) is 2. The molecule has 2 amide bonds. The number of ether oxygens (including phenoxy) is 1. The highest BCUT2D eigenvalue weighted by Gasteiger charge is 2.09. The Kier molecular flexibility index (Phi) is 6.01. The lowest BCUT2D eigenvalue weighted by Gasteiger charge is -2.09. The molecule has 0 bridgehead atoms. The number of amides is 2. The lowest BCUT2D eigenvalue weighted by atomic mass is 10.1. The van der Waals surface area contributed by atoms with Crippen LogP contribution in [0, 0.1) is 5.82 Å². The first kappa shape index (κ1) is 19.1. The molecule has 28 heavy (non-hydrogen) atoms. The Morgan fingerprint density at radius 1 is 0.893 bits per heavy atom. The van der Waals surface area contributed by atoms with Gasteiger partial charge in [-0.15, -0.1) is 0 Å². The molecule has 0 fully saturated rings. The maximum absolute atomic E-state index is 13.0. The van der Waals surface area contributed by atoms with Crippen molar-refractivity contribution in [2.75, 3.05) is 17.7 Å². The van der Waals surface area contributed by atoms with Crippen molar-refractivity contribution in [1.82, 2.24) is 0 Å². The predicted molar refractivity (Wildman–Crippen MR) is 106 cm³/mol. The monoisotopic (exact) mass is 378 g/mol. The highest BCUT2D eigenvalue weighted by atomic mass is 19.1. The number of nitrogens with one attached hydrogen (secondary N) is 2. The van der Waals surface area contributed by atoms with Crippen LogP contribution >= 0.6 is 0 Å². The summed E-state index contributed by atoms with van der Waals surface area (Å²) in [6.45, 7) is 0. The van der Waals surface area contributed by atoms with E-state index in [0.29, 0.717) is 16.9 Å². The van der Waals surface area contributed by atoms with Crippen LogP contribution in [0.25, 0.3) is 0 Å². The van der Waals surface area contributed by atoms with Gasteiger partial charge in [-0.1, -0.05) is 18.2 Å². The number of carbonyl (C=O) groups excluding carboxylic acids is 2. The first-order valence-corrected chi connectivity index (χ1v) is 8.63. The smallest absolute Gasteiger partial charge is 0.255 e. The Morgan fingerprint density at radius 3 is 2.29 bits per heavy atom. The van der Waals surface area contributed by atoms with E-state index in [0.717, 1.165) is 11.3 Å². The molecule has 0 saturated heterocycles. The number of carbonyl (C=O) groups is 2. The summed E-state index contributed by atoms with van der Waals surface area (Å²) in [6, 6.07) is 19.4. The SMILES string of the molecule is COc1ccc(CC(=O)Nc2cccc(C(=O)Nc3ccc(F)cc3)c2)cc1. The van der Waals surface area contributed by atoms with Gasteiger partial charge >= 0.3 is 0 Å². The first-order valence-electron chi connectivity index (χ1n) is 8.63. The quantitative estimate of drug-likeness (QED) is 0.673. The Morgan fingerprint density at radius 2 is 1.61 bits per heavy atom. The summed E-state index contributed by atoms with van der Waals surface area (Å²) in [7, 11) is 1.58. The average Bonchev–Trinajstić information content (AvgIpc) is 2.70. The Labute approximate surface area is 162 Å². The van der Waals surface area contributed by atoms with Crippen molar-refractivity contribution in [2.45, 2.75) is 6.42 Å². The van der Waals surface area contributed by atoms with E-state index in [1.165, 1.54) is 24.3 Å². The van der Waals surface area contributed by atoms with Crippen LogP contribution < -0.4 is 15.4 Å². The van der Waals surface area contributed by atoms with Crippen molar-refractivity contribution in [3.63, 3.8) is 0 Å². The number of benzene rings is 3. The van der Waals surface area contributed by atoms with Crippen LogP contribution in [0.1, 0.15) is 15.9 Å². The molecule has 142 valence electrons. The van der Waals surface area contributed by atoms with Crippen LogP contribution in [0.5, 0.6) is 5.75 Å². The molecule has 0 aliphatic heterocycles. The molecule has 3 rings (SSSR count). The van der Waals surface area contributed by atoms with E-state index in [9.17, 15) is 14.0 Å². The van der Waals surface area contributed by atoms with Gasteiger partial charge in [0.05, 0.1) is 13.5 Å². The van der Waals surface area contributed by atoms with Crippen molar-refractivity contribution in [3.8, 4) is 5.75 Å². The second-order valence-corrected chi connectivity index (χ2v) is 6.11. The van der Waals surface area contributed by atoms with E-state index in [4.69, 9.17) is 4.74 Å². The average molecular weight is 378 g/mol. The molecule has 0 heterocycles. The zero-order chi connectivity index (χ0) is 19.9. The molecule has 0 radical (unpaired) electrons. The van der Waals surface area contributed by atoms with Gasteiger partial charge in [-0.2, -0.15) is 0 Å². The molecule has 6 heteroatoms. The minimum absolute atomic E-state index is 0.193. The first-order chi connectivity index (χ1) is 13.5. The van der Waals surface area contributed by atoms with Crippen molar-refractivity contribution in [1.29, 1.82) is 0 Å². The largest absolute Gasteiger partial charge is 0.497 e. The fourth-order valence-electron chi connectivity index (χ4n) is 2.61. The van der Waals surface area contributed by atoms with Crippen molar-refractivity contribution in [2.24, 2.45) is 0 Å². The van der Waals surface area contributed by atoms with Gasteiger partial charge in [0.2, 0.25) is 5.91 Å². The lowest BCUT2D eigenvalue weighted by molar-refractivity contribution is -0.115.